The Hall–Kier alpha value is -1.11. The van der Waals surface area contributed by atoms with Gasteiger partial charge in [0.05, 0.1) is 11.8 Å². The number of aromatic nitrogens is 1. The molecule has 2 heterocycles. The molecular weight excluding hydrogens is 282 g/mol. The van der Waals surface area contributed by atoms with Crippen LogP contribution in [0.25, 0.3) is 0 Å². The highest BCUT2D eigenvalue weighted by Gasteiger charge is 2.29. The van der Waals surface area contributed by atoms with Crippen molar-refractivity contribution in [1.29, 1.82) is 0 Å². The highest BCUT2D eigenvalue weighted by Crippen LogP contribution is 2.19. The molecule has 0 bridgehead atoms. The Balaban J connectivity index is 0.00000200. The first kappa shape index (κ1) is 16.9. The van der Waals surface area contributed by atoms with Crippen molar-refractivity contribution in [3.63, 3.8) is 0 Å². The summed E-state index contributed by atoms with van der Waals surface area (Å²) in [4.78, 5) is 11.9. The summed E-state index contributed by atoms with van der Waals surface area (Å²) in [7, 11) is 0. The molecule has 1 aromatic heterocycles. The number of aryl methyl sites for hydroxylation is 2. The van der Waals surface area contributed by atoms with E-state index in [2.05, 4.69) is 10.5 Å². The molecule has 1 fully saturated rings. The van der Waals surface area contributed by atoms with Crippen LogP contribution in [0.1, 0.15) is 29.9 Å². The molecule has 6 nitrogen and oxygen atoms in total. The molecule has 20 heavy (non-hydrogen) atoms. The number of hydrogen-bond donors (Lipinski definition) is 2. The van der Waals surface area contributed by atoms with Crippen LogP contribution in [0, 0.1) is 13.8 Å². The van der Waals surface area contributed by atoms with Gasteiger partial charge < -0.3 is 20.3 Å². The van der Waals surface area contributed by atoms with E-state index in [1.54, 1.807) is 0 Å². The smallest absolute Gasteiger partial charge is 0.249 e. The number of amides is 1. The van der Waals surface area contributed by atoms with Crippen molar-refractivity contribution in [3.8, 4) is 0 Å². The van der Waals surface area contributed by atoms with Crippen molar-refractivity contribution in [2.45, 2.75) is 45.3 Å². The number of nitrogens with one attached hydrogen (secondary N) is 1. The fourth-order valence-corrected chi connectivity index (χ4v) is 2.36. The number of carbonyl (C=O) groups is 1. The molecule has 2 rings (SSSR count). The Morgan fingerprint density at radius 2 is 2.20 bits per heavy atom. The molecular formula is C13H22ClN3O3. The summed E-state index contributed by atoms with van der Waals surface area (Å²) in [6, 6.07) is 0. The van der Waals surface area contributed by atoms with Gasteiger partial charge in [-0.05, 0) is 33.1 Å². The van der Waals surface area contributed by atoms with Gasteiger partial charge in [0.15, 0.2) is 0 Å². The van der Waals surface area contributed by atoms with Crippen LogP contribution in [0.2, 0.25) is 0 Å². The number of nitrogens with two attached hydrogens (primary N) is 1. The van der Waals surface area contributed by atoms with E-state index in [9.17, 15) is 4.79 Å². The largest absolute Gasteiger partial charge is 0.364 e. The van der Waals surface area contributed by atoms with Gasteiger partial charge in [0, 0.05) is 18.7 Å². The van der Waals surface area contributed by atoms with E-state index < -0.39 is 0 Å². The van der Waals surface area contributed by atoms with E-state index in [1.165, 1.54) is 0 Å². The molecule has 1 saturated heterocycles. The quantitative estimate of drug-likeness (QED) is 0.842. The fourth-order valence-electron chi connectivity index (χ4n) is 2.36. The molecule has 1 aliphatic rings. The molecule has 1 amide bonds. The summed E-state index contributed by atoms with van der Waals surface area (Å²) < 4.78 is 10.6. The molecule has 3 N–H and O–H groups in total. The lowest BCUT2D eigenvalue weighted by atomic mass is 10.1. The number of rotatable bonds is 5. The average molecular weight is 304 g/mol. The number of hydrogen-bond acceptors (Lipinski definition) is 5. The van der Waals surface area contributed by atoms with Crippen LogP contribution >= 0.6 is 12.4 Å². The van der Waals surface area contributed by atoms with E-state index in [1.807, 2.05) is 13.8 Å². The zero-order chi connectivity index (χ0) is 13.8. The predicted molar refractivity (Wildman–Crippen MR) is 76.9 cm³/mol. The first-order valence-electron chi connectivity index (χ1n) is 6.66. The molecule has 0 spiro atoms. The molecule has 1 aromatic rings. The van der Waals surface area contributed by atoms with E-state index in [-0.39, 0.29) is 30.5 Å². The third kappa shape index (κ3) is 3.94. The fraction of sp³-hybridized carbons (Fsp3) is 0.692. The Kier molecular flexibility index (Phi) is 6.45. The third-order valence-electron chi connectivity index (χ3n) is 3.52. The molecule has 0 aliphatic carbocycles. The van der Waals surface area contributed by atoms with Crippen LogP contribution in [0.15, 0.2) is 4.52 Å². The van der Waals surface area contributed by atoms with Gasteiger partial charge in [-0.15, -0.1) is 12.4 Å². The second kappa shape index (κ2) is 7.61. The standard InChI is InChI=1S/C13H21N3O3.ClH/c1-8-11(9(2)19-16-8)5-6-15-13(17)12-4-3-10(7-14)18-12;/h10,12H,3-7,14H2,1-2H3,(H,15,17);1H/t10-,12+;/m1./s1. The van der Waals surface area contributed by atoms with Crippen LogP contribution in [0.4, 0.5) is 0 Å². The van der Waals surface area contributed by atoms with Crippen molar-refractivity contribution >= 4 is 18.3 Å². The predicted octanol–water partition coefficient (Wildman–Crippen LogP) is 0.878. The highest BCUT2D eigenvalue weighted by atomic mass is 35.5. The Morgan fingerprint density at radius 3 is 2.75 bits per heavy atom. The minimum Gasteiger partial charge on any atom is -0.364 e. The molecule has 114 valence electrons. The van der Waals surface area contributed by atoms with Gasteiger partial charge in [-0.2, -0.15) is 0 Å². The van der Waals surface area contributed by atoms with E-state index in [4.69, 9.17) is 15.0 Å². The van der Waals surface area contributed by atoms with Crippen LogP contribution in [-0.2, 0) is 16.0 Å². The van der Waals surface area contributed by atoms with Crippen molar-refractivity contribution in [2.24, 2.45) is 5.73 Å². The highest BCUT2D eigenvalue weighted by molar-refractivity contribution is 5.85. The normalized spacial score (nSPS) is 21.6. The van der Waals surface area contributed by atoms with Crippen LogP contribution in [0.3, 0.4) is 0 Å². The molecule has 0 aromatic carbocycles. The van der Waals surface area contributed by atoms with Crippen molar-refractivity contribution in [3.05, 3.63) is 17.0 Å². The number of carbonyl (C=O) groups excluding carboxylic acids is 1. The summed E-state index contributed by atoms with van der Waals surface area (Å²) in [5.41, 5.74) is 7.46. The second-order valence-corrected chi connectivity index (χ2v) is 4.90. The minimum absolute atomic E-state index is 0. The molecule has 0 radical (unpaired) electrons. The lowest BCUT2D eigenvalue weighted by Gasteiger charge is -2.12. The summed E-state index contributed by atoms with van der Waals surface area (Å²) in [5.74, 6) is 0.759. The molecule has 2 atom stereocenters. The van der Waals surface area contributed by atoms with Crippen LogP contribution < -0.4 is 11.1 Å². The van der Waals surface area contributed by atoms with Crippen LogP contribution in [0.5, 0.6) is 0 Å². The molecule has 1 aliphatic heterocycles. The van der Waals surface area contributed by atoms with Crippen molar-refractivity contribution < 1.29 is 14.1 Å². The van der Waals surface area contributed by atoms with E-state index in [0.717, 1.165) is 36.3 Å². The second-order valence-electron chi connectivity index (χ2n) is 4.90. The SMILES string of the molecule is Cc1noc(C)c1CCNC(=O)[C@@H]1CC[C@H](CN)O1.Cl. The first-order chi connectivity index (χ1) is 9.11. The first-order valence-corrected chi connectivity index (χ1v) is 6.66. The van der Waals surface area contributed by atoms with Gasteiger partial charge in [0.1, 0.15) is 11.9 Å². The summed E-state index contributed by atoms with van der Waals surface area (Å²) in [5, 5.41) is 6.77. The maximum atomic E-state index is 11.9. The minimum atomic E-state index is -0.349. The van der Waals surface area contributed by atoms with Crippen molar-refractivity contribution in [1.82, 2.24) is 10.5 Å². The number of ether oxygens (including phenoxy) is 1. The summed E-state index contributed by atoms with van der Waals surface area (Å²) in [6.45, 7) is 4.82. The third-order valence-corrected chi connectivity index (χ3v) is 3.52. The zero-order valence-electron chi connectivity index (χ0n) is 11.8. The zero-order valence-corrected chi connectivity index (χ0v) is 12.7. The average Bonchev–Trinajstić information content (AvgIpc) is 2.99. The van der Waals surface area contributed by atoms with Gasteiger partial charge in [-0.1, -0.05) is 5.16 Å². The van der Waals surface area contributed by atoms with Gasteiger partial charge in [-0.25, -0.2) is 0 Å². The van der Waals surface area contributed by atoms with E-state index >= 15 is 0 Å². The number of halogens is 1. The molecule has 0 saturated carbocycles. The number of nitrogens with zero attached hydrogens (tertiary/aromatic N) is 1. The van der Waals surface area contributed by atoms with Crippen molar-refractivity contribution in [2.75, 3.05) is 13.1 Å². The summed E-state index contributed by atoms with van der Waals surface area (Å²) in [6.07, 6.45) is 2.01. The Labute approximate surface area is 124 Å². The van der Waals surface area contributed by atoms with Gasteiger partial charge in [0.2, 0.25) is 5.91 Å². The molecule has 0 unspecified atom stereocenters. The maximum Gasteiger partial charge on any atom is 0.249 e. The lowest BCUT2D eigenvalue weighted by molar-refractivity contribution is -0.131. The van der Waals surface area contributed by atoms with Crippen LogP contribution in [-0.4, -0.2) is 36.4 Å². The lowest BCUT2D eigenvalue weighted by Crippen LogP contribution is -2.36. The monoisotopic (exact) mass is 303 g/mol. The Morgan fingerprint density at radius 1 is 1.45 bits per heavy atom. The van der Waals surface area contributed by atoms with E-state index in [0.29, 0.717) is 13.1 Å². The van der Waals surface area contributed by atoms with Gasteiger partial charge in [-0.3, -0.25) is 4.79 Å². The van der Waals surface area contributed by atoms with Gasteiger partial charge >= 0.3 is 0 Å². The summed E-state index contributed by atoms with van der Waals surface area (Å²) >= 11 is 0. The Bertz CT molecular complexity index is 431. The topological polar surface area (TPSA) is 90.4 Å². The maximum absolute atomic E-state index is 11.9. The van der Waals surface area contributed by atoms with Gasteiger partial charge in [0.25, 0.3) is 0 Å². The molecule has 7 heteroatoms.